The molecule has 23 heavy (non-hydrogen) atoms. The average molecular weight is 319 g/mol. The van der Waals surface area contributed by atoms with Gasteiger partial charge in [-0.15, -0.1) is 0 Å². The van der Waals surface area contributed by atoms with Crippen molar-refractivity contribution >= 4 is 17.3 Å². The highest BCUT2D eigenvalue weighted by molar-refractivity contribution is 5.69. The van der Waals surface area contributed by atoms with Gasteiger partial charge in [-0.25, -0.2) is 9.97 Å². The number of rotatable bonds is 9. The summed E-state index contributed by atoms with van der Waals surface area (Å²) in [4.78, 5) is 19.0. The van der Waals surface area contributed by atoms with Crippen LogP contribution in [0, 0.1) is 10.1 Å². The fourth-order valence-electron chi connectivity index (χ4n) is 2.67. The standard InChI is InChI=1S/C16H25N5O2/c1-2-3-10-17-15-14(21(22)23)16(20-12-19-15)18-11-9-13-7-5-4-6-8-13/h7,12H,2-6,8-11H2,1H3,(H2,17,18,19,20). The van der Waals surface area contributed by atoms with Crippen LogP contribution in [0.25, 0.3) is 0 Å². The van der Waals surface area contributed by atoms with Crippen LogP contribution in [-0.2, 0) is 0 Å². The molecule has 0 unspecified atom stereocenters. The quantitative estimate of drug-likeness (QED) is 0.310. The molecule has 0 amide bonds. The molecule has 1 aliphatic carbocycles. The summed E-state index contributed by atoms with van der Waals surface area (Å²) in [5.74, 6) is 0.582. The van der Waals surface area contributed by atoms with Gasteiger partial charge < -0.3 is 10.6 Å². The molecule has 0 spiro atoms. The monoisotopic (exact) mass is 319 g/mol. The third-order valence-electron chi connectivity index (χ3n) is 3.95. The Bertz CT molecular complexity index is 559. The first-order valence-electron chi connectivity index (χ1n) is 8.37. The van der Waals surface area contributed by atoms with E-state index in [1.165, 1.54) is 24.7 Å². The zero-order chi connectivity index (χ0) is 16.5. The number of allylic oxidation sites excluding steroid dienone is 1. The van der Waals surface area contributed by atoms with E-state index in [1.807, 2.05) is 0 Å². The Labute approximate surface area is 136 Å². The van der Waals surface area contributed by atoms with Gasteiger partial charge in [0.2, 0.25) is 11.6 Å². The fraction of sp³-hybridized carbons (Fsp3) is 0.625. The Morgan fingerprint density at radius 3 is 2.57 bits per heavy atom. The lowest BCUT2D eigenvalue weighted by Crippen LogP contribution is -2.12. The molecule has 1 aromatic rings. The summed E-state index contributed by atoms with van der Waals surface area (Å²) in [6.45, 7) is 3.39. The molecule has 0 bridgehead atoms. The normalized spacial score (nSPS) is 14.2. The maximum absolute atomic E-state index is 11.4. The maximum atomic E-state index is 11.4. The van der Waals surface area contributed by atoms with Gasteiger partial charge in [-0.2, -0.15) is 0 Å². The average Bonchev–Trinajstić information content (AvgIpc) is 2.56. The first-order chi connectivity index (χ1) is 11.2. The third kappa shape index (κ3) is 5.19. The molecule has 1 aliphatic rings. The van der Waals surface area contributed by atoms with E-state index in [0.29, 0.717) is 18.9 Å². The van der Waals surface area contributed by atoms with Crippen LogP contribution in [0.3, 0.4) is 0 Å². The van der Waals surface area contributed by atoms with Gasteiger partial charge in [-0.3, -0.25) is 10.1 Å². The molecule has 0 fully saturated rings. The molecule has 1 aromatic heterocycles. The van der Waals surface area contributed by atoms with Crippen molar-refractivity contribution in [2.24, 2.45) is 0 Å². The van der Waals surface area contributed by atoms with Crippen LogP contribution in [0.4, 0.5) is 17.3 Å². The summed E-state index contributed by atoms with van der Waals surface area (Å²) in [7, 11) is 0. The highest BCUT2D eigenvalue weighted by Crippen LogP contribution is 2.29. The van der Waals surface area contributed by atoms with Gasteiger partial charge in [0, 0.05) is 13.1 Å². The number of hydrogen-bond acceptors (Lipinski definition) is 6. The summed E-state index contributed by atoms with van der Waals surface area (Å²) < 4.78 is 0. The second-order valence-corrected chi connectivity index (χ2v) is 5.74. The van der Waals surface area contributed by atoms with E-state index in [2.05, 4.69) is 33.6 Å². The predicted octanol–water partition coefficient (Wildman–Crippen LogP) is 3.90. The molecule has 2 rings (SSSR count). The van der Waals surface area contributed by atoms with Crippen LogP contribution in [0.5, 0.6) is 0 Å². The van der Waals surface area contributed by atoms with Gasteiger partial charge in [0.05, 0.1) is 4.92 Å². The first-order valence-corrected chi connectivity index (χ1v) is 8.37. The molecule has 0 atom stereocenters. The SMILES string of the molecule is CCCCNc1ncnc(NCCC2=CCCCC2)c1[N+](=O)[O-]. The highest BCUT2D eigenvalue weighted by Gasteiger charge is 2.22. The molecular formula is C16H25N5O2. The topological polar surface area (TPSA) is 93.0 Å². The first kappa shape index (κ1) is 17.2. The molecule has 7 heteroatoms. The van der Waals surface area contributed by atoms with Gasteiger partial charge >= 0.3 is 5.69 Å². The van der Waals surface area contributed by atoms with Gasteiger partial charge in [0.15, 0.2) is 0 Å². The lowest BCUT2D eigenvalue weighted by atomic mass is 9.97. The second-order valence-electron chi connectivity index (χ2n) is 5.74. The molecule has 0 aliphatic heterocycles. The van der Waals surface area contributed by atoms with E-state index in [1.54, 1.807) is 0 Å². The summed E-state index contributed by atoms with van der Waals surface area (Å²) in [5.41, 5.74) is 1.36. The van der Waals surface area contributed by atoms with Crippen LogP contribution >= 0.6 is 0 Å². The van der Waals surface area contributed by atoms with Crippen molar-refractivity contribution in [2.45, 2.75) is 51.9 Å². The Hall–Kier alpha value is -2.18. The van der Waals surface area contributed by atoms with Gasteiger partial charge in [0.25, 0.3) is 0 Å². The minimum Gasteiger partial charge on any atom is -0.364 e. The minimum absolute atomic E-state index is 0.0683. The van der Waals surface area contributed by atoms with Crippen LogP contribution in [0.15, 0.2) is 18.0 Å². The summed E-state index contributed by atoms with van der Waals surface area (Å²) >= 11 is 0. The predicted molar refractivity (Wildman–Crippen MR) is 91.7 cm³/mol. The molecule has 1 heterocycles. The number of aromatic nitrogens is 2. The molecule has 0 radical (unpaired) electrons. The Morgan fingerprint density at radius 1 is 1.22 bits per heavy atom. The van der Waals surface area contributed by atoms with Crippen LogP contribution in [-0.4, -0.2) is 28.0 Å². The van der Waals surface area contributed by atoms with Crippen molar-refractivity contribution in [2.75, 3.05) is 23.7 Å². The molecule has 2 N–H and O–H groups in total. The van der Waals surface area contributed by atoms with Crippen molar-refractivity contribution in [3.63, 3.8) is 0 Å². The zero-order valence-electron chi connectivity index (χ0n) is 13.7. The number of unbranched alkanes of at least 4 members (excludes halogenated alkanes) is 1. The Morgan fingerprint density at radius 2 is 1.96 bits per heavy atom. The van der Waals surface area contributed by atoms with Crippen LogP contribution in [0.1, 0.15) is 51.9 Å². The van der Waals surface area contributed by atoms with Crippen molar-refractivity contribution < 1.29 is 4.92 Å². The number of hydrogen-bond donors (Lipinski definition) is 2. The van der Waals surface area contributed by atoms with E-state index >= 15 is 0 Å². The number of nitrogens with zero attached hydrogens (tertiary/aromatic N) is 3. The second kappa shape index (κ2) is 9.07. The maximum Gasteiger partial charge on any atom is 0.353 e. The summed E-state index contributed by atoms with van der Waals surface area (Å²) in [6.07, 6.45) is 11.3. The van der Waals surface area contributed by atoms with E-state index in [9.17, 15) is 10.1 Å². The lowest BCUT2D eigenvalue weighted by molar-refractivity contribution is -0.383. The number of anilines is 2. The van der Waals surface area contributed by atoms with Crippen molar-refractivity contribution in [3.05, 3.63) is 28.1 Å². The van der Waals surface area contributed by atoms with Crippen LogP contribution < -0.4 is 10.6 Å². The van der Waals surface area contributed by atoms with E-state index < -0.39 is 4.92 Å². The van der Waals surface area contributed by atoms with E-state index in [4.69, 9.17) is 0 Å². The Kier molecular flexibility index (Phi) is 6.77. The lowest BCUT2D eigenvalue weighted by Gasteiger charge is -2.13. The minimum atomic E-state index is -0.420. The van der Waals surface area contributed by atoms with E-state index in [-0.39, 0.29) is 11.5 Å². The molecule has 0 aromatic carbocycles. The van der Waals surface area contributed by atoms with Crippen molar-refractivity contribution in [3.8, 4) is 0 Å². The summed E-state index contributed by atoms with van der Waals surface area (Å²) in [5, 5.41) is 17.5. The van der Waals surface area contributed by atoms with Crippen LogP contribution in [0.2, 0.25) is 0 Å². The molecule has 0 saturated carbocycles. The van der Waals surface area contributed by atoms with E-state index in [0.717, 1.165) is 32.1 Å². The molecule has 126 valence electrons. The fourth-order valence-corrected chi connectivity index (χ4v) is 2.67. The van der Waals surface area contributed by atoms with Crippen molar-refractivity contribution in [1.29, 1.82) is 0 Å². The molecule has 7 nitrogen and oxygen atoms in total. The molecule has 0 saturated heterocycles. The Balaban J connectivity index is 2.00. The largest absolute Gasteiger partial charge is 0.364 e. The zero-order valence-corrected chi connectivity index (χ0v) is 13.7. The van der Waals surface area contributed by atoms with Crippen molar-refractivity contribution in [1.82, 2.24) is 9.97 Å². The number of nitro groups is 1. The van der Waals surface area contributed by atoms with Gasteiger partial charge in [-0.1, -0.05) is 25.0 Å². The van der Waals surface area contributed by atoms with Gasteiger partial charge in [-0.05, 0) is 38.5 Å². The van der Waals surface area contributed by atoms with Gasteiger partial charge in [0.1, 0.15) is 6.33 Å². The molecular weight excluding hydrogens is 294 g/mol. The third-order valence-corrected chi connectivity index (χ3v) is 3.95. The summed E-state index contributed by atoms with van der Waals surface area (Å²) in [6, 6.07) is 0. The highest BCUT2D eigenvalue weighted by atomic mass is 16.6. The smallest absolute Gasteiger partial charge is 0.353 e. The number of nitrogens with one attached hydrogen (secondary N) is 2.